The lowest BCUT2D eigenvalue weighted by Crippen LogP contribution is -2.41. The van der Waals surface area contributed by atoms with Gasteiger partial charge in [-0.25, -0.2) is 4.98 Å². The smallest absolute Gasteiger partial charge is 0.262 e. The molecule has 7 heteroatoms. The number of nitrogens with zero attached hydrogens (tertiary/aromatic N) is 3. The van der Waals surface area contributed by atoms with Gasteiger partial charge in [0.15, 0.2) is 5.13 Å². The second-order valence-electron chi connectivity index (χ2n) is 6.63. The number of anilines is 3. The maximum atomic E-state index is 12.4. The van der Waals surface area contributed by atoms with E-state index in [0.717, 1.165) is 16.9 Å². The number of carbonyl (C=O) groups excluding carboxylic acids is 2. The molecular formula is C23H24N4O2S. The Morgan fingerprint density at radius 3 is 2.40 bits per heavy atom. The van der Waals surface area contributed by atoms with E-state index >= 15 is 0 Å². The van der Waals surface area contributed by atoms with E-state index in [-0.39, 0.29) is 11.8 Å². The summed E-state index contributed by atoms with van der Waals surface area (Å²) in [4.78, 5) is 30.5. The van der Waals surface area contributed by atoms with Crippen LogP contribution in [0.5, 0.6) is 0 Å². The standard InChI is InChI=1S/C23H24N4O2S/c1-4-26(20-13-10-17(2)11-14-20)25-22(29)15-12-19-16-30-23(24-19)27(18(3)28)21-8-6-5-7-9-21/h5-16H,4H2,1-3H3,(H,25,29)/b15-12+. The maximum Gasteiger partial charge on any atom is 0.262 e. The Hall–Kier alpha value is -3.45. The third-order valence-corrected chi connectivity index (χ3v) is 5.19. The summed E-state index contributed by atoms with van der Waals surface area (Å²) in [6.45, 7) is 6.13. The second-order valence-corrected chi connectivity index (χ2v) is 7.47. The fourth-order valence-corrected chi connectivity index (χ4v) is 3.70. The second kappa shape index (κ2) is 9.84. The lowest BCUT2D eigenvalue weighted by atomic mass is 10.2. The van der Waals surface area contributed by atoms with Gasteiger partial charge in [0.05, 0.1) is 17.1 Å². The Morgan fingerprint density at radius 1 is 1.07 bits per heavy atom. The molecule has 0 atom stereocenters. The fourth-order valence-electron chi connectivity index (χ4n) is 2.84. The molecule has 0 radical (unpaired) electrons. The monoisotopic (exact) mass is 420 g/mol. The molecule has 0 fully saturated rings. The molecule has 0 aliphatic rings. The van der Waals surface area contributed by atoms with Gasteiger partial charge in [-0.05, 0) is 44.2 Å². The van der Waals surface area contributed by atoms with Crippen molar-refractivity contribution < 1.29 is 9.59 Å². The topological polar surface area (TPSA) is 65.5 Å². The van der Waals surface area contributed by atoms with Crippen LogP contribution in [0.25, 0.3) is 6.08 Å². The van der Waals surface area contributed by atoms with Crippen molar-refractivity contribution in [2.75, 3.05) is 16.5 Å². The number of hydrogen-bond acceptors (Lipinski definition) is 5. The molecule has 0 aliphatic carbocycles. The number of hydrazine groups is 1. The van der Waals surface area contributed by atoms with Crippen molar-refractivity contribution in [3.8, 4) is 0 Å². The minimum Gasteiger partial charge on any atom is -0.286 e. The molecule has 3 aromatic rings. The predicted octanol–water partition coefficient (Wildman–Crippen LogP) is 4.71. The summed E-state index contributed by atoms with van der Waals surface area (Å²) in [5, 5.41) is 4.16. The first-order valence-electron chi connectivity index (χ1n) is 9.62. The van der Waals surface area contributed by atoms with Gasteiger partial charge in [0.1, 0.15) is 0 Å². The van der Waals surface area contributed by atoms with Gasteiger partial charge in [0.2, 0.25) is 5.91 Å². The molecule has 1 heterocycles. The average molecular weight is 421 g/mol. The lowest BCUT2D eigenvalue weighted by molar-refractivity contribution is -0.117. The van der Waals surface area contributed by atoms with Crippen molar-refractivity contribution in [2.24, 2.45) is 0 Å². The summed E-state index contributed by atoms with van der Waals surface area (Å²) in [6, 6.07) is 17.3. The summed E-state index contributed by atoms with van der Waals surface area (Å²) in [7, 11) is 0. The normalized spacial score (nSPS) is 10.8. The zero-order valence-corrected chi connectivity index (χ0v) is 18.0. The fraction of sp³-hybridized carbons (Fsp3) is 0.174. The van der Waals surface area contributed by atoms with Gasteiger partial charge < -0.3 is 0 Å². The van der Waals surface area contributed by atoms with Crippen LogP contribution in [0.4, 0.5) is 16.5 Å². The molecule has 0 aliphatic heterocycles. The van der Waals surface area contributed by atoms with Crippen molar-refractivity contribution in [1.29, 1.82) is 0 Å². The Kier molecular flexibility index (Phi) is 6.98. The minimum atomic E-state index is -0.251. The first kappa shape index (κ1) is 21.3. The summed E-state index contributed by atoms with van der Waals surface area (Å²) in [6.07, 6.45) is 3.08. The molecule has 0 unspecified atom stereocenters. The number of carbonyl (C=O) groups is 2. The highest BCUT2D eigenvalue weighted by Gasteiger charge is 2.17. The van der Waals surface area contributed by atoms with Crippen LogP contribution in [0.15, 0.2) is 66.1 Å². The Morgan fingerprint density at radius 2 is 1.77 bits per heavy atom. The van der Waals surface area contributed by atoms with Crippen molar-refractivity contribution in [3.63, 3.8) is 0 Å². The number of amides is 2. The molecule has 0 saturated carbocycles. The molecule has 0 spiro atoms. The third-order valence-electron chi connectivity index (χ3n) is 4.34. The summed E-state index contributed by atoms with van der Waals surface area (Å²) >= 11 is 1.35. The molecule has 30 heavy (non-hydrogen) atoms. The number of thiazole rings is 1. The van der Waals surface area contributed by atoms with E-state index in [9.17, 15) is 9.59 Å². The highest BCUT2D eigenvalue weighted by atomic mass is 32.1. The average Bonchev–Trinajstić information content (AvgIpc) is 3.20. The van der Waals surface area contributed by atoms with Gasteiger partial charge in [-0.2, -0.15) is 0 Å². The molecule has 3 rings (SSSR count). The number of para-hydroxylation sites is 1. The Balaban J connectivity index is 1.69. The van der Waals surface area contributed by atoms with Gasteiger partial charge in [-0.1, -0.05) is 35.9 Å². The highest BCUT2D eigenvalue weighted by Crippen LogP contribution is 2.29. The SMILES string of the molecule is CCN(NC(=O)/C=C/c1csc(N(C(C)=O)c2ccccc2)n1)c1ccc(C)cc1. The van der Waals surface area contributed by atoms with E-state index < -0.39 is 0 Å². The summed E-state index contributed by atoms with van der Waals surface area (Å²) in [5.74, 6) is -0.376. The van der Waals surface area contributed by atoms with Crippen molar-refractivity contribution >= 4 is 45.7 Å². The molecular weight excluding hydrogens is 396 g/mol. The van der Waals surface area contributed by atoms with Crippen LogP contribution in [0, 0.1) is 6.92 Å². The molecule has 154 valence electrons. The van der Waals surface area contributed by atoms with Crippen LogP contribution >= 0.6 is 11.3 Å². The van der Waals surface area contributed by atoms with Crippen LogP contribution in [0.1, 0.15) is 25.1 Å². The molecule has 2 amide bonds. The quantitative estimate of drug-likeness (QED) is 0.444. The number of hydrogen-bond donors (Lipinski definition) is 1. The summed E-state index contributed by atoms with van der Waals surface area (Å²) in [5.41, 5.74) is 6.32. The maximum absolute atomic E-state index is 12.4. The molecule has 1 N–H and O–H groups in total. The largest absolute Gasteiger partial charge is 0.286 e. The lowest BCUT2D eigenvalue weighted by Gasteiger charge is -2.23. The third kappa shape index (κ3) is 5.33. The van der Waals surface area contributed by atoms with E-state index in [1.165, 1.54) is 24.3 Å². The number of nitrogens with one attached hydrogen (secondary N) is 1. The zero-order chi connectivity index (χ0) is 21.5. The van der Waals surface area contributed by atoms with E-state index in [0.29, 0.717) is 17.4 Å². The first-order chi connectivity index (χ1) is 14.5. The van der Waals surface area contributed by atoms with Gasteiger partial charge >= 0.3 is 0 Å². The van der Waals surface area contributed by atoms with Crippen LogP contribution in [0.3, 0.4) is 0 Å². The predicted molar refractivity (Wildman–Crippen MR) is 123 cm³/mol. The number of benzene rings is 2. The Labute approximate surface area is 180 Å². The van der Waals surface area contributed by atoms with E-state index in [2.05, 4.69) is 10.4 Å². The first-order valence-corrected chi connectivity index (χ1v) is 10.5. The van der Waals surface area contributed by atoms with Gasteiger partial charge in [0, 0.05) is 24.9 Å². The molecule has 1 aromatic heterocycles. The number of aryl methyl sites for hydroxylation is 1. The molecule has 0 saturated heterocycles. The van der Waals surface area contributed by atoms with Crippen molar-refractivity contribution in [2.45, 2.75) is 20.8 Å². The number of rotatable bonds is 7. The molecule has 0 bridgehead atoms. The Bertz CT molecular complexity index is 1030. The van der Waals surface area contributed by atoms with Crippen molar-refractivity contribution in [1.82, 2.24) is 10.4 Å². The van der Waals surface area contributed by atoms with Crippen LogP contribution in [0.2, 0.25) is 0 Å². The van der Waals surface area contributed by atoms with Crippen molar-refractivity contribution in [3.05, 3.63) is 77.3 Å². The molecule has 6 nitrogen and oxygen atoms in total. The van der Waals surface area contributed by atoms with E-state index in [1.807, 2.05) is 73.8 Å². The summed E-state index contributed by atoms with van der Waals surface area (Å²) < 4.78 is 0. The van der Waals surface area contributed by atoms with Gasteiger partial charge in [0.25, 0.3) is 5.91 Å². The highest BCUT2D eigenvalue weighted by molar-refractivity contribution is 7.14. The zero-order valence-electron chi connectivity index (χ0n) is 17.2. The molecule has 2 aromatic carbocycles. The van der Waals surface area contributed by atoms with Gasteiger partial charge in [-0.15, -0.1) is 11.3 Å². The van der Waals surface area contributed by atoms with E-state index in [1.54, 1.807) is 16.0 Å². The van der Waals surface area contributed by atoms with Crippen LogP contribution in [-0.4, -0.2) is 23.3 Å². The van der Waals surface area contributed by atoms with Crippen LogP contribution in [-0.2, 0) is 9.59 Å². The minimum absolute atomic E-state index is 0.125. The van der Waals surface area contributed by atoms with Gasteiger partial charge in [-0.3, -0.25) is 24.9 Å². The number of aromatic nitrogens is 1. The van der Waals surface area contributed by atoms with E-state index in [4.69, 9.17) is 0 Å². The van der Waals surface area contributed by atoms with Crippen LogP contribution < -0.4 is 15.3 Å².